The van der Waals surface area contributed by atoms with Crippen LogP contribution < -0.4 is 5.32 Å². The average molecular weight is 254 g/mol. The SMILES string of the molecule is CCc1nc(Nc2ccc(Cl)cn2)sc1C. The molecule has 0 aliphatic rings. The standard InChI is InChI=1S/C11H12ClN3S/c1-3-9-7(2)16-11(14-9)15-10-5-4-8(12)6-13-10/h4-6H,3H2,1-2H3,(H,13,14,15). The fraction of sp³-hybridized carbons (Fsp3) is 0.273. The molecule has 0 saturated carbocycles. The number of nitrogens with zero attached hydrogens (tertiary/aromatic N) is 2. The molecule has 0 atom stereocenters. The molecule has 0 saturated heterocycles. The first-order chi connectivity index (χ1) is 7.69. The van der Waals surface area contributed by atoms with Gasteiger partial charge in [-0.15, -0.1) is 11.3 Å². The van der Waals surface area contributed by atoms with Gasteiger partial charge in [0.15, 0.2) is 5.13 Å². The van der Waals surface area contributed by atoms with E-state index in [9.17, 15) is 0 Å². The summed E-state index contributed by atoms with van der Waals surface area (Å²) in [4.78, 5) is 9.89. The maximum Gasteiger partial charge on any atom is 0.188 e. The van der Waals surface area contributed by atoms with Crippen LogP contribution in [0.5, 0.6) is 0 Å². The lowest BCUT2D eigenvalue weighted by Crippen LogP contribution is -1.92. The van der Waals surface area contributed by atoms with Crippen molar-refractivity contribution in [2.24, 2.45) is 0 Å². The second-order valence-electron chi connectivity index (χ2n) is 3.36. The van der Waals surface area contributed by atoms with Gasteiger partial charge >= 0.3 is 0 Å². The highest BCUT2D eigenvalue weighted by Crippen LogP contribution is 2.25. The Morgan fingerprint density at radius 2 is 2.25 bits per heavy atom. The molecule has 2 aromatic rings. The molecule has 16 heavy (non-hydrogen) atoms. The molecule has 0 aromatic carbocycles. The lowest BCUT2D eigenvalue weighted by atomic mass is 10.3. The van der Waals surface area contributed by atoms with Crippen molar-refractivity contribution in [1.82, 2.24) is 9.97 Å². The summed E-state index contributed by atoms with van der Waals surface area (Å²) in [5.41, 5.74) is 1.14. The first-order valence-corrected chi connectivity index (χ1v) is 6.23. The van der Waals surface area contributed by atoms with Gasteiger partial charge in [-0.3, -0.25) is 0 Å². The van der Waals surface area contributed by atoms with Crippen molar-refractivity contribution >= 4 is 33.9 Å². The van der Waals surface area contributed by atoms with Crippen molar-refractivity contribution < 1.29 is 0 Å². The zero-order chi connectivity index (χ0) is 11.5. The highest BCUT2D eigenvalue weighted by molar-refractivity contribution is 7.15. The molecular formula is C11H12ClN3S. The first-order valence-electron chi connectivity index (χ1n) is 5.04. The normalized spacial score (nSPS) is 10.4. The summed E-state index contributed by atoms with van der Waals surface area (Å²) < 4.78 is 0. The van der Waals surface area contributed by atoms with Crippen LogP contribution in [0.3, 0.4) is 0 Å². The summed E-state index contributed by atoms with van der Waals surface area (Å²) in [6.07, 6.45) is 2.57. The van der Waals surface area contributed by atoms with Crippen molar-refractivity contribution in [1.29, 1.82) is 0 Å². The van der Waals surface area contributed by atoms with Crippen molar-refractivity contribution in [2.75, 3.05) is 5.32 Å². The van der Waals surface area contributed by atoms with Gasteiger partial charge in [0.1, 0.15) is 5.82 Å². The Hall–Kier alpha value is -1.13. The zero-order valence-electron chi connectivity index (χ0n) is 9.12. The van der Waals surface area contributed by atoms with Crippen LogP contribution in [0.15, 0.2) is 18.3 Å². The molecule has 0 unspecified atom stereocenters. The number of pyridine rings is 1. The molecule has 1 N–H and O–H groups in total. The largest absolute Gasteiger partial charge is 0.316 e. The quantitative estimate of drug-likeness (QED) is 0.904. The van der Waals surface area contributed by atoms with Gasteiger partial charge in [0.2, 0.25) is 0 Å². The number of thiazole rings is 1. The Morgan fingerprint density at radius 1 is 1.44 bits per heavy atom. The molecule has 3 nitrogen and oxygen atoms in total. The molecule has 5 heteroatoms. The van der Waals surface area contributed by atoms with Gasteiger partial charge in [-0.25, -0.2) is 9.97 Å². The number of hydrogen-bond donors (Lipinski definition) is 1. The van der Waals surface area contributed by atoms with E-state index in [2.05, 4.69) is 29.1 Å². The van der Waals surface area contributed by atoms with E-state index in [0.29, 0.717) is 5.02 Å². The number of halogens is 1. The second kappa shape index (κ2) is 4.80. The van der Waals surface area contributed by atoms with Crippen LogP contribution in [0.1, 0.15) is 17.5 Å². The number of rotatable bonds is 3. The highest BCUT2D eigenvalue weighted by atomic mass is 35.5. The lowest BCUT2D eigenvalue weighted by molar-refractivity contribution is 1.04. The Kier molecular flexibility index (Phi) is 3.41. The minimum Gasteiger partial charge on any atom is -0.316 e. The monoisotopic (exact) mass is 253 g/mol. The molecule has 2 rings (SSSR count). The van der Waals surface area contributed by atoms with E-state index in [0.717, 1.165) is 23.1 Å². The molecule has 0 aliphatic heterocycles. The zero-order valence-corrected chi connectivity index (χ0v) is 10.7. The molecule has 84 valence electrons. The number of anilines is 2. The predicted octanol–water partition coefficient (Wildman–Crippen LogP) is 3.81. The van der Waals surface area contributed by atoms with Gasteiger partial charge in [-0.1, -0.05) is 18.5 Å². The Bertz CT molecular complexity index is 478. The third kappa shape index (κ3) is 2.51. The maximum atomic E-state index is 5.76. The molecule has 0 bridgehead atoms. The van der Waals surface area contributed by atoms with Crippen LogP contribution in [0.2, 0.25) is 5.02 Å². The first kappa shape index (κ1) is 11.4. The summed E-state index contributed by atoms with van der Waals surface area (Å²) in [5.74, 6) is 0.765. The molecule has 0 spiro atoms. The molecule has 0 radical (unpaired) electrons. The molecule has 0 aliphatic carbocycles. The van der Waals surface area contributed by atoms with Gasteiger partial charge in [-0.2, -0.15) is 0 Å². The number of hydrogen-bond acceptors (Lipinski definition) is 4. The minimum atomic E-state index is 0.634. The molecule has 0 amide bonds. The highest BCUT2D eigenvalue weighted by Gasteiger charge is 2.06. The summed E-state index contributed by atoms with van der Waals surface area (Å²) in [5, 5.41) is 4.68. The molecular weight excluding hydrogens is 242 g/mol. The number of aryl methyl sites for hydroxylation is 2. The van der Waals surface area contributed by atoms with Gasteiger partial charge in [0, 0.05) is 11.1 Å². The Labute approximate surface area is 104 Å². The van der Waals surface area contributed by atoms with Crippen LogP contribution in [-0.2, 0) is 6.42 Å². The van der Waals surface area contributed by atoms with Crippen LogP contribution in [0.4, 0.5) is 10.9 Å². The Morgan fingerprint density at radius 3 is 2.81 bits per heavy atom. The van der Waals surface area contributed by atoms with E-state index in [1.807, 2.05) is 6.07 Å². The van der Waals surface area contributed by atoms with Crippen molar-refractivity contribution in [3.63, 3.8) is 0 Å². The molecule has 2 heterocycles. The topological polar surface area (TPSA) is 37.8 Å². The molecule has 0 fully saturated rings. The van der Waals surface area contributed by atoms with Gasteiger partial charge in [0.05, 0.1) is 10.7 Å². The maximum absolute atomic E-state index is 5.76. The average Bonchev–Trinajstić information content (AvgIpc) is 2.62. The third-order valence-corrected chi connectivity index (χ3v) is 3.34. The number of aromatic nitrogens is 2. The van der Waals surface area contributed by atoms with Crippen LogP contribution >= 0.6 is 22.9 Å². The van der Waals surface area contributed by atoms with Crippen molar-refractivity contribution in [3.05, 3.63) is 33.9 Å². The van der Waals surface area contributed by atoms with Crippen molar-refractivity contribution in [2.45, 2.75) is 20.3 Å². The van der Waals surface area contributed by atoms with E-state index < -0.39 is 0 Å². The lowest BCUT2D eigenvalue weighted by Gasteiger charge is -2.00. The fourth-order valence-corrected chi connectivity index (χ4v) is 2.39. The smallest absolute Gasteiger partial charge is 0.188 e. The fourth-order valence-electron chi connectivity index (χ4n) is 1.37. The van der Waals surface area contributed by atoms with E-state index >= 15 is 0 Å². The summed E-state index contributed by atoms with van der Waals surface area (Å²) >= 11 is 7.41. The van der Waals surface area contributed by atoms with Crippen LogP contribution in [0, 0.1) is 6.92 Å². The second-order valence-corrected chi connectivity index (χ2v) is 5.00. The van der Waals surface area contributed by atoms with Gasteiger partial charge < -0.3 is 5.32 Å². The summed E-state index contributed by atoms with van der Waals surface area (Å²) in [6, 6.07) is 3.64. The van der Waals surface area contributed by atoms with Crippen LogP contribution in [-0.4, -0.2) is 9.97 Å². The molecule has 2 aromatic heterocycles. The summed E-state index contributed by atoms with van der Waals surface area (Å²) in [6.45, 7) is 4.18. The predicted molar refractivity (Wildman–Crippen MR) is 68.8 cm³/mol. The Balaban J connectivity index is 2.17. The summed E-state index contributed by atoms with van der Waals surface area (Å²) in [7, 11) is 0. The number of nitrogens with one attached hydrogen (secondary N) is 1. The third-order valence-electron chi connectivity index (χ3n) is 2.19. The van der Waals surface area contributed by atoms with Crippen molar-refractivity contribution in [3.8, 4) is 0 Å². The minimum absolute atomic E-state index is 0.634. The van der Waals surface area contributed by atoms with E-state index in [4.69, 9.17) is 11.6 Å². The van der Waals surface area contributed by atoms with Gasteiger partial charge in [0.25, 0.3) is 0 Å². The van der Waals surface area contributed by atoms with Gasteiger partial charge in [-0.05, 0) is 25.5 Å². The van der Waals surface area contributed by atoms with Crippen LogP contribution in [0.25, 0.3) is 0 Å². The van der Waals surface area contributed by atoms with E-state index in [1.165, 1.54) is 4.88 Å². The van der Waals surface area contributed by atoms with E-state index in [-0.39, 0.29) is 0 Å². The van der Waals surface area contributed by atoms with E-state index in [1.54, 1.807) is 23.6 Å².